The van der Waals surface area contributed by atoms with Crippen molar-refractivity contribution in [1.82, 2.24) is 9.21 Å². The third-order valence-electron chi connectivity index (χ3n) is 6.28. The number of carbonyl (C=O) groups is 1. The molecule has 0 spiro atoms. The summed E-state index contributed by atoms with van der Waals surface area (Å²) in [7, 11) is -3.73. The number of amides is 1. The van der Waals surface area contributed by atoms with Crippen molar-refractivity contribution < 1.29 is 17.9 Å². The van der Waals surface area contributed by atoms with Crippen LogP contribution in [0, 0.1) is 5.92 Å². The van der Waals surface area contributed by atoms with Crippen LogP contribution in [0.3, 0.4) is 0 Å². The van der Waals surface area contributed by atoms with Crippen molar-refractivity contribution in [2.75, 3.05) is 26.2 Å². The van der Waals surface area contributed by atoms with E-state index >= 15 is 0 Å². The molecule has 0 bridgehead atoms. The van der Waals surface area contributed by atoms with Crippen LogP contribution in [0.4, 0.5) is 0 Å². The molecule has 31 heavy (non-hydrogen) atoms. The lowest BCUT2D eigenvalue weighted by atomic mass is 9.90. The molecule has 2 aromatic carbocycles. The van der Waals surface area contributed by atoms with Crippen molar-refractivity contribution in [1.29, 1.82) is 0 Å². The maximum Gasteiger partial charge on any atom is 0.243 e. The van der Waals surface area contributed by atoms with Gasteiger partial charge in [-0.25, -0.2) is 8.42 Å². The van der Waals surface area contributed by atoms with Crippen LogP contribution in [-0.2, 0) is 19.6 Å². The summed E-state index contributed by atoms with van der Waals surface area (Å²) in [6.45, 7) is 4.06. The molecule has 2 aliphatic rings. The number of carbonyl (C=O) groups excluding carboxylic acids is 1. The summed E-state index contributed by atoms with van der Waals surface area (Å²) < 4.78 is 34.4. The van der Waals surface area contributed by atoms with E-state index in [2.05, 4.69) is 0 Å². The Hall–Kier alpha value is -2.22. The average Bonchev–Trinajstić information content (AvgIpc) is 3.28. The Morgan fingerprint density at radius 1 is 0.968 bits per heavy atom. The largest absolute Gasteiger partial charge is 0.377 e. The number of hydrogen-bond donors (Lipinski definition) is 0. The van der Waals surface area contributed by atoms with E-state index in [1.54, 1.807) is 34.6 Å². The van der Waals surface area contributed by atoms with Crippen molar-refractivity contribution in [3.05, 3.63) is 66.2 Å². The maximum absolute atomic E-state index is 13.6. The van der Waals surface area contributed by atoms with Crippen molar-refractivity contribution in [2.45, 2.75) is 43.2 Å². The number of likely N-dealkylation sites (tertiary alicyclic amines) is 1. The minimum Gasteiger partial charge on any atom is -0.377 e. The number of hydrogen-bond acceptors (Lipinski definition) is 4. The Morgan fingerprint density at radius 3 is 2.32 bits per heavy atom. The molecule has 0 N–H and O–H groups in total. The number of ether oxygens (including phenoxy) is 1. The highest BCUT2D eigenvalue weighted by Crippen LogP contribution is 2.38. The molecule has 6 nitrogen and oxygen atoms in total. The fourth-order valence-corrected chi connectivity index (χ4v) is 6.41. The smallest absolute Gasteiger partial charge is 0.243 e. The lowest BCUT2D eigenvalue weighted by molar-refractivity contribution is -0.136. The molecule has 2 heterocycles. The van der Waals surface area contributed by atoms with Gasteiger partial charge in [-0.3, -0.25) is 4.79 Å². The molecule has 2 fully saturated rings. The van der Waals surface area contributed by atoms with Crippen LogP contribution < -0.4 is 0 Å². The molecule has 0 aliphatic carbocycles. The fourth-order valence-electron chi connectivity index (χ4n) is 4.70. The van der Waals surface area contributed by atoms with Crippen LogP contribution in [0.5, 0.6) is 0 Å². The fraction of sp³-hybridized carbons (Fsp3) is 0.458. The quantitative estimate of drug-likeness (QED) is 0.687. The second-order valence-corrected chi connectivity index (χ2v) is 10.1. The molecule has 3 atom stereocenters. The minimum absolute atomic E-state index is 0.0435. The van der Waals surface area contributed by atoms with Gasteiger partial charge >= 0.3 is 0 Å². The van der Waals surface area contributed by atoms with E-state index in [0.717, 1.165) is 12.0 Å². The summed E-state index contributed by atoms with van der Waals surface area (Å²) in [5.41, 5.74) is 0.963. The zero-order valence-corrected chi connectivity index (χ0v) is 18.7. The first kappa shape index (κ1) is 22.0. The normalized spacial score (nSPS) is 24.9. The van der Waals surface area contributed by atoms with Crippen molar-refractivity contribution >= 4 is 15.9 Å². The zero-order valence-electron chi connectivity index (χ0n) is 17.9. The van der Waals surface area contributed by atoms with Gasteiger partial charge in [-0.2, -0.15) is 4.31 Å². The van der Waals surface area contributed by atoms with Crippen LogP contribution >= 0.6 is 0 Å². The maximum atomic E-state index is 13.6. The second-order valence-electron chi connectivity index (χ2n) is 8.24. The van der Waals surface area contributed by atoms with E-state index in [0.29, 0.717) is 32.5 Å². The minimum atomic E-state index is -3.73. The first-order chi connectivity index (χ1) is 15.0. The third-order valence-corrected chi connectivity index (χ3v) is 8.17. The molecule has 2 aromatic rings. The molecule has 2 aliphatic heterocycles. The van der Waals surface area contributed by atoms with Gasteiger partial charge in [0, 0.05) is 26.2 Å². The van der Waals surface area contributed by atoms with E-state index in [1.807, 2.05) is 42.2 Å². The summed E-state index contributed by atoms with van der Waals surface area (Å²) in [6, 6.07) is 18.0. The summed E-state index contributed by atoms with van der Waals surface area (Å²) in [5.74, 6) is -0.291. The van der Waals surface area contributed by atoms with Gasteiger partial charge in [-0.1, -0.05) is 48.5 Å². The molecule has 1 unspecified atom stereocenters. The van der Waals surface area contributed by atoms with E-state index in [9.17, 15) is 13.2 Å². The first-order valence-corrected chi connectivity index (χ1v) is 12.5. The molecule has 0 aromatic heterocycles. The Balaban J connectivity index is 1.59. The van der Waals surface area contributed by atoms with Crippen LogP contribution in [-0.4, -0.2) is 55.9 Å². The SMILES string of the molecule is CCOC1CCN(C(=O)[C@@H]2CC[C@H](c3ccccc3)N(S(=O)(=O)c3ccccc3)C2)C1. The molecule has 166 valence electrons. The van der Waals surface area contributed by atoms with Crippen molar-refractivity contribution in [3.8, 4) is 0 Å². The second kappa shape index (κ2) is 9.51. The molecule has 2 saturated heterocycles. The highest BCUT2D eigenvalue weighted by atomic mass is 32.2. The van der Waals surface area contributed by atoms with Gasteiger partial charge in [-0.15, -0.1) is 0 Å². The number of nitrogens with zero attached hydrogens (tertiary/aromatic N) is 2. The van der Waals surface area contributed by atoms with E-state index in [-0.39, 0.29) is 35.4 Å². The highest BCUT2D eigenvalue weighted by molar-refractivity contribution is 7.89. The molecule has 0 saturated carbocycles. The summed E-state index contributed by atoms with van der Waals surface area (Å²) >= 11 is 0. The predicted octanol–water partition coefficient (Wildman–Crippen LogP) is 3.47. The van der Waals surface area contributed by atoms with Crippen LogP contribution in [0.1, 0.15) is 37.8 Å². The summed E-state index contributed by atoms with van der Waals surface area (Å²) in [6.07, 6.45) is 2.22. The number of sulfonamides is 1. The predicted molar refractivity (Wildman–Crippen MR) is 119 cm³/mol. The number of benzene rings is 2. The lowest BCUT2D eigenvalue weighted by Gasteiger charge is -2.39. The third kappa shape index (κ3) is 4.68. The number of piperidine rings is 1. The molecule has 7 heteroatoms. The summed E-state index contributed by atoms with van der Waals surface area (Å²) in [4.78, 5) is 15.4. The molecule has 4 rings (SSSR count). The molecule has 0 radical (unpaired) electrons. The average molecular weight is 443 g/mol. The van der Waals surface area contributed by atoms with Crippen LogP contribution in [0.15, 0.2) is 65.6 Å². The molecular weight excluding hydrogens is 412 g/mol. The Kier molecular flexibility index (Phi) is 6.74. The van der Waals surface area contributed by atoms with Gasteiger partial charge in [0.25, 0.3) is 0 Å². The standard InChI is InChI=1S/C24H30N2O4S/c1-2-30-21-15-16-25(18-21)24(27)20-13-14-23(19-9-5-3-6-10-19)26(17-20)31(28,29)22-11-7-4-8-12-22/h3-12,20-21,23H,2,13-18H2,1H3/t20-,21?,23-/m1/s1. The summed E-state index contributed by atoms with van der Waals surface area (Å²) in [5, 5.41) is 0. The Labute approximate surface area is 184 Å². The van der Waals surface area contributed by atoms with Crippen LogP contribution in [0.2, 0.25) is 0 Å². The van der Waals surface area contributed by atoms with Crippen molar-refractivity contribution in [3.63, 3.8) is 0 Å². The van der Waals surface area contributed by atoms with Gasteiger partial charge < -0.3 is 9.64 Å². The van der Waals surface area contributed by atoms with E-state index < -0.39 is 10.0 Å². The van der Waals surface area contributed by atoms with E-state index in [1.165, 1.54) is 0 Å². The van der Waals surface area contributed by atoms with Gasteiger partial charge in [0.15, 0.2) is 0 Å². The number of rotatable bonds is 6. The van der Waals surface area contributed by atoms with Gasteiger partial charge in [0.2, 0.25) is 15.9 Å². The monoisotopic (exact) mass is 442 g/mol. The molecule has 1 amide bonds. The molecular formula is C24H30N2O4S. The van der Waals surface area contributed by atoms with Crippen LogP contribution in [0.25, 0.3) is 0 Å². The van der Waals surface area contributed by atoms with Crippen molar-refractivity contribution in [2.24, 2.45) is 5.92 Å². The van der Waals surface area contributed by atoms with E-state index in [4.69, 9.17) is 4.74 Å². The Morgan fingerprint density at radius 2 is 1.65 bits per heavy atom. The topological polar surface area (TPSA) is 66.9 Å². The van der Waals surface area contributed by atoms with Gasteiger partial charge in [-0.05, 0) is 43.9 Å². The van der Waals surface area contributed by atoms with Gasteiger partial charge in [0.05, 0.1) is 23.0 Å². The zero-order chi connectivity index (χ0) is 21.8. The highest BCUT2D eigenvalue weighted by Gasteiger charge is 2.42. The Bertz CT molecular complexity index is 981. The first-order valence-electron chi connectivity index (χ1n) is 11.0. The lowest BCUT2D eigenvalue weighted by Crippen LogP contribution is -2.47. The van der Waals surface area contributed by atoms with Gasteiger partial charge in [0.1, 0.15) is 0 Å².